The van der Waals surface area contributed by atoms with Gasteiger partial charge in [-0.15, -0.1) is 0 Å². The molecular formula is C6H14N2O4S. The van der Waals surface area contributed by atoms with E-state index in [2.05, 4.69) is 0 Å². The number of ether oxygens (including phenoxy) is 1. The van der Waals surface area contributed by atoms with Crippen molar-refractivity contribution < 1.29 is 18.3 Å². The van der Waals surface area contributed by atoms with E-state index in [4.69, 9.17) is 15.0 Å². The van der Waals surface area contributed by atoms with Gasteiger partial charge in [0.15, 0.2) is 0 Å². The van der Waals surface area contributed by atoms with Gasteiger partial charge in [-0.05, 0) is 6.42 Å². The van der Waals surface area contributed by atoms with Crippen molar-refractivity contribution in [2.75, 3.05) is 26.4 Å². The second-order valence-electron chi connectivity index (χ2n) is 2.90. The lowest BCUT2D eigenvalue weighted by molar-refractivity contribution is 0.0237. The highest BCUT2D eigenvalue weighted by Crippen LogP contribution is 2.12. The van der Waals surface area contributed by atoms with Crippen LogP contribution in [0, 0.1) is 0 Å². The number of morpholine rings is 1. The van der Waals surface area contributed by atoms with Crippen molar-refractivity contribution in [3.63, 3.8) is 0 Å². The van der Waals surface area contributed by atoms with Gasteiger partial charge in [0.05, 0.1) is 19.3 Å². The van der Waals surface area contributed by atoms with Gasteiger partial charge in [0.25, 0.3) is 10.2 Å². The van der Waals surface area contributed by atoms with Crippen LogP contribution in [0.5, 0.6) is 0 Å². The summed E-state index contributed by atoms with van der Waals surface area (Å²) in [6.45, 7) is 0.860. The SMILES string of the molecule is NS(=O)(=O)N1CCOCC1CCO. The number of aliphatic hydroxyl groups excluding tert-OH is 1. The van der Waals surface area contributed by atoms with Gasteiger partial charge in [-0.2, -0.15) is 12.7 Å². The average Bonchev–Trinajstić information content (AvgIpc) is 2.04. The van der Waals surface area contributed by atoms with Gasteiger partial charge in [-0.3, -0.25) is 0 Å². The number of hydrogen-bond donors (Lipinski definition) is 2. The smallest absolute Gasteiger partial charge is 0.277 e. The first kappa shape index (κ1) is 10.9. The minimum Gasteiger partial charge on any atom is -0.396 e. The normalized spacial score (nSPS) is 26.2. The van der Waals surface area contributed by atoms with Gasteiger partial charge < -0.3 is 9.84 Å². The van der Waals surface area contributed by atoms with Gasteiger partial charge in [0.2, 0.25) is 0 Å². The molecule has 0 spiro atoms. The van der Waals surface area contributed by atoms with E-state index < -0.39 is 10.2 Å². The highest BCUT2D eigenvalue weighted by molar-refractivity contribution is 7.86. The van der Waals surface area contributed by atoms with Crippen LogP contribution < -0.4 is 5.14 Å². The fourth-order valence-corrected chi connectivity index (χ4v) is 2.26. The summed E-state index contributed by atoms with van der Waals surface area (Å²) in [5.74, 6) is 0. The topological polar surface area (TPSA) is 92.9 Å². The van der Waals surface area contributed by atoms with Crippen molar-refractivity contribution in [3.8, 4) is 0 Å². The minimum atomic E-state index is -3.66. The minimum absolute atomic E-state index is 0.0694. The van der Waals surface area contributed by atoms with E-state index >= 15 is 0 Å². The fraction of sp³-hybridized carbons (Fsp3) is 1.00. The van der Waals surface area contributed by atoms with Crippen molar-refractivity contribution in [1.29, 1.82) is 0 Å². The maximum Gasteiger partial charge on any atom is 0.277 e. The quantitative estimate of drug-likeness (QED) is 0.579. The van der Waals surface area contributed by atoms with Crippen LogP contribution in [0.15, 0.2) is 0 Å². The van der Waals surface area contributed by atoms with Crippen LogP contribution >= 0.6 is 0 Å². The zero-order valence-electron chi connectivity index (χ0n) is 7.22. The Labute approximate surface area is 77.5 Å². The van der Waals surface area contributed by atoms with E-state index in [0.717, 1.165) is 0 Å². The molecule has 1 saturated heterocycles. The molecule has 3 N–H and O–H groups in total. The first-order valence-corrected chi connectivity index (χ1v) is 5.54. The molecule has 1 rings (SSSR count). The molecule has 1 fully saturated rings. The third-order valence-electron chi connectivity index (χ3n) is 1.96. The van der Waals surface area contributed by atoms with Crippen LogP contribution in [-0.2, 0) is 14.9 Å². The molecule has 0 aliphatic carbocycles. The van der Waals surface area contributed by atoms with Crippen molar-refractivity contribution in [2.45, 2.75) is 12.5 Å². The summed E-state index contributed by atoms with van der Waals surface area (Å²) in [5.41, 5.74) is 0. The number of nitrogens with zero attached hydrogens (tertiary/aromatic N) is 1. The zero-order valence-corrected chi connectivity index (χ0v) is 8.03. The van der Waals surface area contributed by atoms with Crippen LogP contribution in [0.3, 0.4) is 0 Å². The lowest BCUT2D eigenvalue weighted by Crippen LogP contribution is -2.51. The summed E-state index contributed by atoms with van der Waals surface area (Å²) in [6.07, 6.45) is 0.358. The Bertz CT molecular complexity index is 251. The van der Waals surface area contributed by atoms with Crippen LogP contribution in [0.4, 0.5) is 0 Å². The van der Waals surface area contributed by atoms with Crippen LogP contribution in [0.25, 0.3) is 0 Å². The number of rotatable bonds is 3. The van der Waals surface area contributed by atoms with Crippen molar-refractivity contribution in [1.82, 2.24) is 4.31 Å². The summed E-state index contributed by atoms with van der Waals surface area (Å²) in [7, 11) is -3.66. The van der Waals surface area contributed by atoms with Gasteiger partial charge in [-0.25, -0.2) is 5.14 Å². The monoisotopic (exact) mass is 210 g/mol. The van der Waals surface area contributed by atoms with Gasteiger partial charge in [0.1, 0.15) is 0 Å². The van der Waals surface area contributed by atoms with E-state index in [1.54, 1.807) is 0 Å². The van der Waals surface area contributed by atoms with E-state index in [9.17, 15) is 8.42 Å². The van der Waals surface area contributed by atoms with E-state index in [-0.39, 0.29) is 19.2 Å². The highest BCUT2D eigenvalue weighted by Gasteiger charge is 2.29. The molecule has 13 heavy (non-hydrogen) atoms. The molecular weight excluding hydrogens is 196 g/mol. The van der Waals surface area contributed by atoms with Crippen LogP contribution in [0.1, 0.15) is 6.42 Å². The fourth-order valence-electron chi connectivity index (χ4n) is 1.35. The van der Waals surface area contributed by atoms with Crippen molar-refractivity contribution >= 4 is 10.2 Å². The Morgan fingerprint density at radius 3 is 2.85 bits per heavy atom. The Morgan fingerprint density at radius 2 is 2.31 bits per heavy atom. The Balaban J connectivity index is 2.67. The molecule has 0 amide bonds. The molecule has 0 aromatic carbocycles. The Kier molecular flexibility index (Phi) is 3.63. The molecule has 1 unspecified atom stereocenters. The Hall–Kier alpha value is -0.210. The van der Waals surface area contributed by atoms with Gasteiger partial charge >= 0.3 is 0 Å². The molecule has 0 bridgehead atoms. The van der Waals surface area contributed by atoms with Gasteiger partial charge in [0, 0.05) is 13.2 Å². The van der Waals surface area contributed by atoms with Crippen molar-refractivity contribution in [3.05, 3.63) is 0 Å². The summed E-state index contributed by atoms with van der Waals surface area (Å²) >= 11 is 0. The predicted molar refractivity (Wildman–Crippen MR) is 46.1 cm³/mol. The summed E-state index contributed by atoms with van der Waals surface area (Å²) < 4.78 is 28.3. The molecule has 7 heteroatoms. The van der Waals surface area contributed by atoms with Crippen LogP contribution in [0.2, 0.25) is 0 Å². The van der Waals surface area contributed by atoms with E-state index in [1.807, 2.05) is 0 Å². The van der Waals surface area contributed by atoms with Crippen molar-refractivity contribution in [2.24, 2.45) is 5.14 Å². The second-order valence-corrected chi connectivity index (χ2v) is 4.40. The summed E-state index contributed by atoms with van der Waals surface area (Å²) in [4.78, 5) is 0. The van der Waals surface area contributed by atoms with Crippen LogP contribution in [-0.4, -0.2) is 50.2 Å². The maximum atomic E-state index is 11.0. The molecule has 78 valence electrons. The predicted octanol–water partition coefficient (Wildman–Crippen LogP) is -1.73. The third kappa shape index (κ3) is 2.89. The van der Waals surface area contributed by atoms with Gasteiger partial charge in [-0.1, -0.05) is 0 Å². The molecule has 1 atom stereocenters. The average molecular weight is 210 g/mol. The first-order valence-electron chi connectivity index (χ1n) is 4.04. The molecule has 1 aliphatic rings. The molecule has 1 aliphatic heterocycles. The Morgan fingerprint density at radius 1 is 1.62 bits per heavy atom. The third-order valence-corrected chi connectivity index (χ3v) is 3.10. The molecule has 0 saturated carbocycles. The molecule has 0 aromatic heterocycles. The zero-order chi connectivity index (χ0) is 9.90. The number of nitrogens with two attached hydrogens (primary N) is 1. The molecule has 1 heterocycles. The molecule has 0 aromatic rings. The molecule has 0 radical (unpaired) electrons. The highest BCUT2D eigenvalue weighted by atomic mass is 32.2. The largest absolute Gasteiger partial charge is 0.396 e. The van der Waals surface area contributed by atoms with E-state index in [1.165, 1.54) is 4.31 Å². The maximum absolute atomic E-state index is 11.0. The summed E-state index contributed by atoms with van der Waals surface area (Å²) in [5, 5.41) is 13.7. The summed E-state index contributed by atoms with van der Waals surface area (Å²) in [6, 6.07) is -0.325. The lowest BCUT2D eigenvalue weighted by Gasteiger charge is -2.32. The lowest BCUT2D eigenvalue weighted by atomic mass is 10.2. The first-order chi connectivity index (χ1) is 6.05. The second kappa shape index (κ2) is 4.34. The standard InChI is InChI=1S/C6H14N2O4S/c7-13(10,11)8-2-4-12-5-6(8)1-3-9/h6,9H,1-5H2,(H2,7,10,11). The number of aliphatic hydroxyl groups is 1. The van der Waals surface area contributed by atoms with E-state index in [0.29, 0.717) is 19.6 Å². The molecule has 6 nitrogen and oxygen atoms in total. The number of hydrogen-bond acceptors (Lipinski definition) is 4.